The fraction of sp³-hybridized carbons (Fsp3) is 0.256. The van der Waals surface area contributed by atoms with Gasteiger partial charge in [-0.2, -0.15) is 18.2 Å². The fourth-order valence-corrected chi connectivity index (χ4v) is 9.49. The zero-order chi connectivity index (χ0) is 39.1. The number of fused-ring (bicyclic) bond motifs is 4. The van der Waals surface area contributed by atoms with Crippen LogP contribution < -0.4 is 15.1 Å². The van der Waals surface area contributed by atoms with Crippen molar-refractivity contribution in [3.05, 3.63) is 122 Å². The highest BCUT2D eigenvalue weighted by Crippen LogP contribution is 2.64. The molecule has 2 aliphatic carbocycles. The molecule has 1 saturated carbocycles. The average Bonchev–Trinajstić information content (AvgIpc) is 3.53. The molecule has 4 aromatic rings. The number of carbonyl (C=O) groups is 4. The quantitative estimate of drug-likeness (QED) is 0.147. The minimum absolute atomic E-state index is 0.0572. The summed E-state index contributed by atoms with van der Waals surface area (Å²) in [5.74, 6) is -7.46. The SMILES string of the molecule is COc1ccc([C@H]2C3=CC[C@@H]4C(=O)N(c5ccc(Br)cc5)C(=O)[C@@H]4[C@@H]3C[C@H]3C(=O)N(Nc4ncc(C(F)(F)F)cc4Cl)C(=O)[C@@]23c2ccc(Cl)cc2)cc1O. The predicted molar refractivity (Wildman–Crippen MR) is 198 cm³/mol. The lowest BCUT2D eigenvalue weighted by Crippen LogP contribution is -2.53. The number of amides is 4. The Bertz CT molecular complexity index is 2330. The van der Waals surface area contributed by atoms with Gasteiger partial charge in [0.2, 0.25) is 11.8 Å². The third-order valence-corrected chi connectivity index (χ3v) is 12.2. The molecule has 0 bridgehead atoms. The maximum Gasteiger partial charge on any atom is 0.417 e. The molecule has 1 aromatic heterocycles. The smallest absolute Gasteiger partial charge is 0.417 e. The summed E-state index contributed by atoms with van der Waals surface area (Å²) >= 11 is 16.0. The van der Waals surface area contributed by atoms with E-state index >= 15 is 4.79 Å². The number of nitrogens with one attached hydrogen (secondary N) is 1. The van der Waals surface area contributed by atoms with Crippen molar-refractivity contribution in [1.29, 1.82) is 0 Å². The van der Waals surface area contributed by atoms with Crippen LogP contribution >= 0.6 is 39.1 Å². The summed E-state index contributed by atoms with van der Waals surface area (Å²) in [5, 5.41) is 11.6. The lowest BCUT2D eigenvalue weighted by molar-refractivity contribution is -0.139. The molecule has 6 atom stereocenters. The van der Waals surface area contributed by atoms with Gasteiger partial charge in [0.1, 0.15) is 0 Å². The van der Waals surface area contributed by atoms with Crippen LogP contribution in [0.15, 0.2) is 95.1 Å². The van der Waals surface area contributed by atoms with Crippen molar-refractivity contribution < 1.29 is 42.2 Å². The number of pyridine rings is 1. The van der Waals surface area contributed by atoms with Crippen molar-refractivity contribution in [3.63, 3.8) is 0 Å². The molecule has 3 fully saturated rings. The molecule has 0 unspecified atom stereocenters. The number of allylic oxidation sites excluding steroid dienone is 2. The number of rotatable bonds is 6. The van der Waals surface area contributed by atoms with Crippen molar-refractivity contribution in [2.75, 3.05) is 17.4 Å². The summed E-state index contributed by atoms with van der Waals surface area (Å²) in [7, 11) is 1.38. The Balaban J connectivity index is 1.31. The van der Waals surface area contributed by atoms with E-state index in [1.54, 1.807) is 54.6 Å². The van der Waals surface area contributed by atoms with Gasteiger partial charge in [0, 0.05) is 21.6 Å². The van der Waals surface area contributed by atoms with E-state index in [0.717, 1.165) is 4.47 Å². The molecule has 3 aromatic carbocycles. The van der Waals surface area contributed by atoms with Gasteiger partial charge >= 0.3 is 6.18 Å². The van der Waals surface area contributed by atoms with Crippen LogP contribution in [0.3, 0.4) is 0 Å². The molecule has 2 N–H and O–H groups in total. The number of nitrogens with zero attached hydrogens (tertiary/aromatic N) is 3. The van der Waals surface area contributed by atoms with Crippen molar-refractivity contribution in [1.82, 2.24) is 9.99 Å². The van der Waals surface area contributed by atoms with Crippen molar-refractivity contribution in [2.24, 2.45) is 23.7 Å². The van der Waals surface area contributed by atoms with Gasteiger partial charge < -0.3 is 9.84 Å². The number of anilines is 2. The first kappa shape index (κ1) is 37.0. The lowest BCUT2D eigenvalue weighted by Gasteiger charge is -2.50. The van der Waals surface area contributed by atoms with Gasteiger partial charge in [0.25, 0.3) is 11.8 Å². The van der Waals surface area contributed by atoms with Crippen LogP contribution in [0.1, 0.15) is 35.4 Å². The number of methoxy groups -OCH3 is 1. The molecule has 4 amide bonds. The average molecular weight is 856 g/mol. The number of phenols is 1. The molecule has 55 heavy (non-hydrogen) atoms. The maximum absolute atomic E-state index is 15.3. The minimum Gasteiger partial charge on any atom is -0.504 e. The molecule has 0 spiro atoms. The van der Waals surface area contributed by atoms with Gasteiger partial charge in [-0.3, -0.25) is 29.5 Å². The number of hydrogen-bond acceptors (Lipinski definition) is 8. The van der Waals surface area contributed by atoms with Crippen molar-refractivity contribution >= 4 is 74.3 Å². The molecule has 282 valence electrons. The molecule has 2 aliphatic heterocycles. The van der Waals surface area contributed by atoms with Crippen molar-refractivity contribution in [2.45, 2.75) is 30.4 Å². The summed E-state index contributed by atoms with van der Waals surface area (Å²) in [5.41, 5.74) is 1.50. The summed E-state index contributed by atoms with van der Waals surface area (Å²) < 4.78 is 46.5. The monoisotopic (exact) mass is 854 g/mol. The lowest BCUT2D eigenvalue weighted by atomic mass is 9.49. The number of hydrazine groups is 1. The second-order valence-corrected chi connectivity index (χ2v) is 15.6. The second kappa shape index (κ2) is 13.4. The normalized spacial score (nSPS) is 26.1. The van der Waals surface area contributed by atoms with E-state index in [9.17, 15) is 32.7 Å². The fourth-order valence-electron chi connectivity index (χ4n) is 8.89. The second-order valence-electron chi connectivity index (χ2n) is 13.8. The van der Waals surface area contributed by atoms with Crippen LogP contribution in [0.4, 0.5) is 24.7 Å². The first-order valence-corrected chi connectivity index (χ1v) is 18.6. The number of alkyl halides is 3. The Morgan fingerprint density at radius 1 is 0.945 bits per heavy atom. The number of ether oxygens (including phenoxy) is 1. The predicted octanol–water partition coefficient (Wildman–Crippen LogP) is 8.07. The van der Waals surface area contributed by atoms with Gasteiger partial charge in [0.05, 0.1) is 46.6 Å². The van der Waals surface area contributed by atoms with Gasteiger partial charge in [0.15, 0.2) is 17.3 Å². The Labute approximate surface area is 330 Å². The number of aromatic nitrogens is 1. The number of aromatic hydroxyl groups is 1. The highest BCUT2D eigenvalue weighted by molar-refractivity contribution is 9.10. The van der Waals surface area contributed by atoms with E-state index in [0.29, 0.717) is 44.7 Å². The Morgan fingerprint density at radius 2 is 1.65 bits per heavy atom. The van der Waals surface area contributed by atoms with Gasteiger partial charge in [-0.25, -0.2) is 4.98 Å². The van der Waals surface area contributed by atoms with Crippen LogP contribution in [0.25, 0.3) is 0 Å². The number of halogens is 6. The van der Waals surface area contributed by atoms with E-state index < -0.39 is 69.5 Å². The highest BCUT2D eigenvalue weighted by atomic mass is 79.9. The highest BCUT2D eigenvalue weighted by Gasteiger charge is 2.70. The van der Waals surface area contributed by atoms with E-state index in [4.69, 9.17) is 27.9 Å². The van der Waals surface area contributed by atoms with Crippen LogP contribution in [0.5, 0.6) is 11.5 Å². The third kappa shape index (κ3) is 5.71. The number of phenolic OH excluding ortho intramolecular Hbond substituents is 1. The van der Waals surface area contributed by atoms with Crippen LogP contribution in [0.2, 0.25) is 10.0 Å². The number of carbonyl (C=O) groups excluding carboxylic acids is 4. The topological polar surface area (TPSA) is 129 Å². The number of hydrogen-bond donors (Lipinski definition) is 2. The third-order valence-electron chi connectivity index (χ3n) is 11.2. The standard InChI is InChI=1S/C39H28BrCl2F3N4O6/c1-55-30-13-2-18(14-29(30)50)32-24-11-12-25-31(36(53)48(34(25)51)23-9-5-21(40)6-10-23)26(24)16-27-35(52)49(37(54)38(27,32)19-3-7-22(41)8-4-19)47-33-28(42)15-20(17-46-33)39(43,44)45/h2-11,13-15,17,25-27,31-32,50H,12,16H2,1H3,(H,46,47)/t25-,26+,27-,31-,32-,38+/m0/s1. The molecule has 2 saturated heterocycles. The largest absolute Gasteiger partial charge is 0.504 e. The van der Waals surface area contributed by atoms with Crippen LogP contribution in [0, 0.1) is 23.7 Å². The molecule has 16 heteroatoms. The summed E-state index contributed by atoms with van der Waals surface area (Å²) in [6.45, 7) is 0. The molecule has 4 aliphatic rings. The Kier molecular flexibility index (Phi) is 9.01. The molecular formula is C39H28BrCl2F3N4O6. The number of benzene rings is 3. The summed E-state index contributed by atoms with van der Waals surface area (Å²) in [6, 6.07) is 18.4. The first-order valence-electron chi connectivity index (χ1n) is 17.0. The number of imide groups is 2. The minimum atomic E-state index is -4.76. The molecule has 8 rings (SSSR count). The van der Waals surface area contributed by atoms with Crippen LogP contribution in [-0.4, -0.2) is 45.8 Å². The summed E-state index contributed by atoms with van der Waals surface area (Å²) in [4.78, 5) is 63.5. The van der Waals surface area contributed by atoms with Gasteiger partial charge in [-0.1, -0.05) is 69.0 Å². The Hall–Kier alpha value is -4.92. The van der Waals surface area contributed by atoms with E-state index in [2.05, 4.69) is 26.3 Å². The molecule has 10 nitrogen and oxygen atoms in total. The Morgan fingerprint density at radius 3 is 2.29 bits per heavy atom. The molecule has 0 radical (unpaired) electrons. The maximum atomic E-state index is 15.3. The molecule has 3 heterocycles. The van der Waals surface area contributed by atoms with E-state index in [1.807, 2.05) is 6.08 Å². The van der Waals surface area contributed by atoms with Gasteiger partial charge in [-0.15, -0.1) is 0 Å². The van der Waals surface area contributed by atoms with Gasteiger partial charge in [-0.05, 0) is 84.5 Å². The zero-order valence-electron chi connectivity index (χ0n) is 28.5. The molecular weight excluding hydrogens is 828 g/mol. The van der Waals surface area contributed by atoms with Crippen LogP contribution in [-0.2, 0) is 30.8 Å². The summed E-state index contributed by atoms with van der Waals surface area (Å²) in [6.07, 6.45) is -2.28. The van der Waals surface area contributed by atoms with E-state index in [-0.39, 0.29) is 36.1 Å². The first-order chi connectivity index (χ1) is 26.2. The zero-order valence-corrected chi connectivity index (χ0v) is 31.6. The van der Waals surface area contributed by atoms with E-state index in [1.165, 1.54) is 24.1 Å². The van der Waals surface area contributed by atoms with Crippen molar-refractivity contribution in [3.8, 4) is 11.5 Å².